The van der Waals surface area contributed by atoms with E-state index in [0.717, 1.165) is 25.7 Å². The molecule has 48 heavy (non-hydrogen) atoms. The Hall–Kier alpha value is -3.37. The first-order valence-electron chi connectivity index (χ1n) is 16.8. The third kappa shape index (κ3) is 9.41. The van der Waals surface area contributed by atoms with Crippen LogP contribution < -0.4 is 9.61 Å². The molecule has 0 saturated carbocycles. The normalized spacial score (nSPS) is 22.6. The Morgan fingerprint density at radius 1 is 1.08 bits per heavy atom. The third-order valence-corrected chi connectivity index (χ3v) is 10.1. The summed E-state index contributed by atoms with van der Waals surface area (Å²) in [6.07, 6.45) is 8.24. The molecule has 1 aliphatic heterocycles. The van der Waals surface area contributed by atoms with Gasteiger partial charge in [0.1, 0.15) is 42.5 Å². The molecule has 0 bridgehead atoms. The van der Waals surface area contributed by atoms with E-state index in [1.807, 2.05) is 6.07 Å². The number of para-hydroxylation sites is 1. The standard InChI is InChI=1S/C34H48N5O8P/c1-4-5-6-7-8-9-10-11-12-16-21-44-33(42)26(3)38-48(43,47-27-17-14-13-15-18-27)45-22-29-31(40)32(41)34(23-35,46-29)30-20-19-28-25(2)36-24-37-39(28)30/h13-15,17-20,24,26,29,31-32,40-41H,4-12,16,21-22H2,1-3H3,(H,38,43)/t26-,29+,31+,32+,34-,48?/m0/s1. The molecule has 1 aliphatic rings. The van der Waals surface area contributed by atoms with Gasteiger partial charge in [0.15, 0.2) is 0 Å². The first-order chi connectivity index (χ1) is 23.1. The fourth-order valence-electron chi connectivity index (χ4n) is 5.71. The summed E-state index contributed by atoms with van der Waals surface area (Å²) in [6.45, 7) is 5.14. The largest absolute Gasteiger partial charge is 0.465 e. The molecule has 6 atom stereocenters. The maximum Gasteiger partial charge on any atom is 0.459 e. The minimum Gasteiger partial charge on any atom is -0.465 e. The second kappa shape index (κ2) is 17.9. The molecule has 1 aromatic carbocycles. The van der Waals surface area contributed by atoms with Crippen LogP contribution in [0.1, 0.15) is 89.4 Å². The van der Waals surface area contributed by atoms with E-state index in [1.165, 1.54) is 56.3 Å². The van der Waals surface area contributed by atoms with Crippen molar-refractivity contribution in [2.45, 2.75) is 115 Å². The van der Waals surface area contributed by atoms with Crippen LogP contribution in [0.25, 0.3) is 5.52 Å². The lowest BCUT2D eigenvalue weighted by Gasteiger charge is -2.25. The number of nitrogens with zero attached hydrogens (tertiary/aromatic N) is 4. The SMILES string of the molecule is CCCCCCCCCCCCOC(=O)[C@H](C)NP(=O)(OC[C@H]1O[C@@](C#N)(c2ccc3c(C)ncnn23)[C@H](O)[C@@H]1O)Oc1ccccc1. The van der Waals surface area contributed by atoms with Gasteiger partial charge in [0.05, 0.1) is 30.1 Å². The number of hydrogen-bond donors (Lipinski definition) is 3. The van der Waals surface area contributed by atoms with Crippen LogP contribution in [0.5, 0.6) is 5.75 Å². The van der Waals surface area contributed by atoms with E-state index in [1.54, 1.807) is 49.4 Å². The Kier molecular flexibility index (Phi) is 13.9. The van der Waals surface area contributed by atoms with Gasteiger partial charge in [-0.1, -0.05) is 82.9 Å². The second-order valence-electron chi connectivity index (χ2n) is 12.2. The van der Waals surface area contributed by atoms with E-state index in [4.69, 9.17) is 18.5 Å². The number of rotatable bonds is 20. The molecule has 0 spiro atoms. The van der Waals surface area contributed by atoms with Gasteiger partial charge in [0, 0.05) is 0 Å². The van der Waals surface area contributed by atoms with E-state index < -0.39 is 50.3 Å². The van der Waals surface area contributed by atoms with Gasteiger partial charge in [0.2, 0.25) is 5.60 Å². The summed E-state index contributed by atoms with van der Waals surface area (Å²) in [5.74, 6) is -0.423. The third-order valence-electron chi connectivity index (χ3n) is 8.47. The highest BCUT2D eigenvalue weighted by Crippen LogP contribution is 2.47. The maximum atomic E-state index is 14.0. The van der Waals surface area contributed by atoms with Crippen molar-refractivity contribution in [2.24, 2.45) is 0 Å². The van der Waals surface area contributed by atoms with Crippen molar-refractivity contribution < 1.29 is 38.1 Å². The number of carbonyl (C=O) groups excluding carboxylic acids is 1. The smallest absolute Gasteiger partial charge is 0.459 e. The zero-order chi connectivity index (χ0) is 34.6. The number of aliphatic hydroxyl groups excluding tert-OH is 2. The van der Waals surface area contributed by atoms with Crippen molar-refractivity contribution in [1.82, 2.24) is 19.7 Å². The summed E-state index contributed by atoms with van der Waals surface area (Å²) in [5, 5.41) is 39.1. The van der Waals surface area contributed by atoms with Gasteiger partial charge in [-0.2, -0.15) is 15.4 Å². The zero-order valence-corrected chi connectivity index (χ0v) is 28.9. The first-order valence-corrected chi connectivity index (χ1v) is 18.4. The van der Waals surface area contributed by atoms with E-state index in [-0.39, 0.29) is 18.1 Å². The van der Waals surface area contributed by atoms with Gasteiger partial charge < -0.3 is 24.2 Å². The lowest BCUT2D eigenvalue weighted by Crippen LogP contribution is -2.41. The molecule has 3 N–H and O–H groups in total. The molecule has 1 saturated heterocycles. The number of hydrogen-bond acceptors (Lipinski definition) is 11. The van der Waals surface area contributed by atoms with E-state index >= 15 is 0 Å². The summed E-state index contributed by atoms with van der Waals surface area (Å²) in [5.41, 5.74) is -0.617. The number of carbonyl (C=O) groups is 1. The maximum absolute atomic E-state index is 14.0. The number of nitriles is 1. The Labute approximate surface area is 282 Å². The van der Waals surface area contributed by atoms with Crippen LogP contribution in [0, 0.1) is 18.3 Å². The molecule has 0 aliphatic carbocycles. The average molecular weight is 686 g/mol. The Morgan fingerprint density at radius 2 is 1.75 bits per heavy atom. The van der Waals surface area contributed by atoms with E-state index in [0.29, 0.717) is 11.2 Å². The average Bonchev–Trinajstić information content (AvgIpc) is 3.63. The fraction of sp³-hybridized carbons (Fsp3) is 0.588. The molecule has 0 radical (unpaired) electrons. The minimum absolute atomic E-state index is 0.181. The molecule has 2 aromatic heterocycles. The lowest BCUT2D eigenvalue weighted by atomic mass is 9.92. The molecule has 0 amide bonds. The monoisotopic (exact) mass is 685 g/mol. The predicted octanol–water partition coefficient (Wildman–Crippen LogP) is 5.52. The molecule has 4 rings (SSSR count). The molecule has 13 nitrogen and oxygen atoms in total. The number of unbranched alkanes of at least 4 members (excludes halogenated alkanes) is 9. The van der Waals surface area contributed by atoms with Crippen LogP contribution >= 0.6 is 7.75 Å². The molecular weight excluding hydrogens is 637 g/mol. The summed E-state index contributed by atoms with van der Waals surface area (Å²) in [6, 6.07) is 12.4. The molecule has 1 fully saturated rings. The number of aryl methyl sites for hydroxylation is 1. The van der Waals surface area contributed by atoms with Crippen LogP contribution in [0.2, 0.25) is 0 Å². The van der Waals surface area contributed by atoms with Crippen LogP contribution in [0.4, 0.5) is 0 Å². The molecule has 14 heteroatoms. The molecule has 3 heterocycles. The Bertz CT molecular complexity index is 1550. The van der Waals surface area contributed by atoms with Crippen LogP contribution in [-0.4, -0.2) is 68.3 Å². The Morgan fingerprint density at radius 3 is 2.42 bits per heavy atom. The molecule has 1 unspecified atom stereocenters. The zero-order valence-electron chi connectivity index (χ0n) is 28.0. The van der Waals surface area contributed by atoms with Crippen molar-refractivity contribution >= 4 is 19.2 Å². The summed E-state index contributed by atoms with van der Waals surface area (Å²) < 4.78 is 38.3. The molecule has 262 valence electrons. The molecule has 3 aromatic rings. The van der Waals surface area contributed by atoms with E-state index in [9.17, 15) is 24.8 Å². The Balaban J connectivity index is 1.35. The number of aromatic nitrogens is 3. The van der Waals surface area contributed by atoms with Crippen LogP contribution in [0.15, 0.2) is 48.8 Å². The summed E-state index contributed by atoms with van der Waals surface area (Å²) >= 11 is 0. The fourth-order valence-corrected chi connectivity index (χ4v) is 7.22. The van der Waals surface area contributed by atoms with Gasteiger partial charge in [0.25, 0.3) is 0 Å². The number of ether oxygens (including phenoxy) is 2. The van der Waals surface area contributed by atoms with Crippen molar-refractivity contribution in [3.05, 3.63) is 60.2 Å². The number of fused-ring (bicyclic) bond motifs is 1. The van der Waals surface area contributed by atoms with Crippen molar-refractivity contribution in [3.63, 3.8) is 0 Å². The van der Waals surface area contributed by atoms with E-state index in [2.05, 4.69) is 22.1 Å². The van der Waals surface area contributed by atoms with Gasteiger partial charge >= 0.3 is 13.7 Å². The molecular formula is C34H48N5O8P. The highest BCUT2D eigenvalue weighted by Gasteiger charge is 2.58. The van der Waals surface area contributed by atoms with Gasteiger partial charge in [-0.3, -0.25) is 9.32 Å². The number of esters is 1. The van der Waals surface area contributed by atoms with Gasteiger partial charge in [-0.25, -0.2) is 14.1 Å². The highest BCUT2D eigenvalue weighted by molar-refractivity contribution is 7.52. The lowest BCUT2D eigenvalue weighted by molar-refractivity contribution is -0.145. The van der Waals surface area contributed by atoms with Crippen molar-refractivity contribution in [3.8, 4) is 11.8 Å². The number of aliphatic hydroxyl groups is 2. The highest BCUT2D eigenvalue weighted by atomic mass is 31.2. The van der Waals surface area contributed by atoms with Gasteiger partial charge in [-0.15, -0.1) is 0 Å². The van der Waals surface area contributed by atoms with Crippen LogP contribution in [-0.2, 0) is 29.0 Å². The van der Waals surface area contributed by atoms with Gasteiger partial charge in [-0.05, 0) is 44.5 Å². The first kappa shape index (κ1) is 37.4. The number of benzene rings is 1. The number of nitrogens with one attached hydrogen (secondary N) is 1. The quantitative estimate of drug-likeness (QED) is 0.0772. The summed E-state index contributed by atoms with van der Waals surface area (Å²) in [4.78, 5) is 17.0. The predicted molar refractivity (Wildman–Crippen MR) is 178 cm³/mol. The minimum atomic E-state index is -4.31. The summed E-state index contributed by atoms with van der Waals surface area (Å²) in [7, 11) is -4.31. The topological polar surface area (TPSA) is 178 Å². The second-order valence-corrected chi connectivity index (χ2v) is 13.9. The van der Waals surface area contributed by atoms with Crippen molar-refractivity contribution in [2.75, 3.05) is 13.2 Å². The van der Waals surface area contributed by atoms with Crippen molar-refractivity contribution in [1.29, 1.82) is 5.26 Å². The van der Waals surface area contributed by atoms with Crippen LogP contribution in [0.3, 0.4) is 0 Å².